The van der Waals surface area contributed by atoms with Crippen LogP contribution >= 0.6 is 11.3 Å². The second-order valence-corrected chi connectivity index (χ2v) is 5.71. The maximum Gasteiger partial charge on any atom is 0.147 e. The van der Waals surface area contributed by atoms with E-state index in [1.54, 1.807) is 18.4 Å². The van der Waals surface area contributed by atoms with Gasteiger partial charge in [0.15, 0.2) is 0 Å². The SMILES string of the molecule is COc1ccc(-c2nnc(CCN)s2)cc1C(C)C. The number of hydrogen-bond donors (Lipinski definition) is 1. The van der Waals surface area contributed by atoms with E-state index in [0.29, 0.717) is 12.5 Å². The highest BCUT2D eigenvalue weighted by Crippen LogP contribution is 2.32. The van der Waals surface area contributed by atoms with Crippen molar-refractivity contribution in [3.63, 3.8) is 0 Å². The molecular weight excluding hydrogens is 258 g/mol. The molecule has 2 rings (SSSR count). The molecule has 0 saturated carbocycles. The van der Waals surface area contributed by atoms with Gasteiger partial charge in [0.25, 0.3) is 0 Å². The number of benzene rings is 1. The molecule has 0 atom stereocenters. The molecule has 0 amide bonds. The summed E-state index contributed by atoms with van der Waals surface area (Å²) in [6.45, 7) is 4.91. The number of rotatable bonds is 5. The summed E-state index contributed by atoms with van der Waals surface area (Å²) < 4.78 is 5.39. The van der Waals surface area contributed by atoms with Crippen LogP contribution in [0.4, 0.5) is 0 Å². The summed E-state index contributed by atoms with van der Waals surface area (Å²) in [5.74, 6) is 1.33. The highest BCUT2D eigenvalue weighted by Gasteiger charge is 2.12. The van der Waals surface area contributed by atoms with Crippen molar-refractivity contribution in [3.05, 3.63) is 28.8 Å². The quantitative estimate of drug-likeness (QED) is 0.913. The Balaban J connectivity index is 2.36. The molecule has 4 nitrogen and oxygen atoms in total. The van der Waals surface area contributed by atoms with Crippen molar-refractivity contribution in [2.24, 2.45) is 5.73 Å². The van der Waals surface area contributed by atoms with Crippen LogP contribution in [-0.2, 0) is 6.42 Å². The Hall–Kier alpha value is -1.46. The average molecular weight is 277 g/mol. The van der Waals surface area contributed by atoms with Gasteiger partial charge in [-0.1, -0.05) is 25.2 Å². The number of methoxy groups -OCH3 is 1. The van der Waals surface area contributed by atoms with Crippen molar-refractivity contribution in [2.75, 3.05) is 13.7 Å². The lowest BCUT2D eigenvalue weighted by atomic mass is 10.00. The Labute approximate surface area is 117 Å². The Bertz CT molecular complexity index is 551. The van der Waals surface area contributed by atoms with Gasteiger partial charge in [0.05, 0.1) is 7.11 Å². The van der Waals surface area contributed by atoms with Crippen LogP contribution in [0, 0.1) is 0 Å². The van der Waals surface area contributed by atoms with Crippen LogP contribution in [0.25, 0.3) is 10.6 Å². The highest BCUT2D eigenvalue weighted by atomic mass is 32.1. The zero-order chi connectivity index (χ0) is 13.8. The van der Waals surface area contributed by atoms with Crippen LogP contribution in [0.5, 0.6) is 5.75 Å². The van der Waals surface area contributed by atoms with Crippen LogP contribution in [0.15, 0.2) is 18.2 Å². The van der Waals surface area contributed by atoms with E-state index in [4.69, 9.17) is 10.5 Å². The van der Waals surface area contributed by atoms with Gasteiger partial charge in [-0.15, -0.1) is 10.2 Å². The van der Waals surface area contributed by atoms with E-state index in [-0.39, 0.29) is 0 Å². The monoisotopic (exact) mass is 277 g/mol. The molecule has 0 aliphatic carbocycles. The predicted octanol–water partition coefficient (Wildman–Crippen LogP) is 2.84. The van der Waals surface area contributed by atoms with E-state index in [1.807, 2.05) is 12.1 Å². The van der Waals surface area contributed by atoms with Crippen molar-refractivity contribution < 1.29 is 4.74 Å². The van der Waals surface area contributed by atoms with Crippen LogP contribution < -0.4 is 10.5 Å². The number of aromatic nitrogens is 2. The molecule has 102 valence electrons. The number of nitrogens with zero attached hydrogens (tertiary/aromatic N) is 2. The first-order valence-corrected chi connectivity index (χ1v) is 7.18. The lowest BCUT2D eigenvalue weighted by molar-refractivity contribution is 0.407. The van der Waals surface area contributed by atoms with Gasteiger partial charge in [-0.05, 0) is 36.2 Å². The van der Waals surface area contributed by atoms with Crippen LogP contribution in [0.2, 0.25) is 0 Å². The highest BCUT2D eigenvalue weighted by molar-refractivity contribution is 7.14. The maximum atomic E-state index is 5.53. The van der Waals surface area contributed by atoms with E-state index in [9.17, 15) is 0 Å². The molecule has 1 aromatic carbocycles. The van der Waals surface area contributed by atoms with Crippen LogP contribution in [0.3, 0.4) is 0 Å². The lowest BCUT2D eigenvalue weighted by Crippen LogP contribution is -2.01. The van der Waals surface area contributed by atoms with Crippen molar-refractivity contribution in [3.8, 4) is 16.3 Å². The lowest BCUT2D eigenvalue weighted by Gasteiger charge is -2.12. The predicted molar refractivity (Wildman–Crippen MR) is 78.7 cm³/mol. The third-order valence-corrected chi connectivity index (χ3v) is 3.96. The van der Waals surface area contributed by atoms with Crippen molar-refractivity contribution in [1.29, 1.82) is 0 Å². The van der Waals surface area contributed by atoms with Gasteiger partial charge >= 0.3 is 0 Å². The topological polar surface area (TPSA) is 61.0 Å². The minimum atomic E-state index is 0.409. The third-order valence-electron chi connectivity index (χ3n) is 2.92. The Kier molecular flexibility index (Phi) is 4.50. The van der Waals surface area contributed by atoms with Crippen molar-refractivity contribution in [1.82, 2.24) is 10.2 Å². The van der Waals surface area contributed by atoms with E-state index < -0.39 is 0 Å². The molecule has 0 aliphatic heterocycles. The molecule has 1 heterocycles. The first-order valence-electron chi connectivity index (χ1n) is 6.36. The normalized spacial score (nSPS) is 11.0. The molecule has 0 spiro atoms. The molecule has 0 bridgehead atoms. The first kappa shape index (κ1) is 14.0. The largest absolute Gasteiger partial charge is 0.496 e. The van der Waals surface area contributed by atoms with Gasteiger partial charge < -0.3 is 10.5 Å². The molecular formula is C14H19N3OS. The van der Waals surface area contributed by atoms with Crippen LogP contribution in [0.1, 0.15) is 30.3 Å². The van der Waals surface area contributed by atoms with Gasteiger partial charge in [0, 0.05) is 12.0 Å². The van der Waals surface area contributed by atoms with E-state index >= 15 is 0 Å². The summed E-state index contributed by atoms with van der Waals surface area (Å²) in [7, 11) is 1.70. The van der Waals surface area contributed by atoms with Gasteiger partial charge in [-0.2, -0.15) is 0 Å². The minimum Gasteiger partial charge on any atom is -0.496 e. The Morgan fingerprint density at radius 2 is 2.11 bits per heavy atom. The zero-order valence-corrected chi connectivity index (χ0v) is 12.3. The summed E-state index contributed by atoms with van der Waals surface area (Å²) in [6, 6.07) is 6.16. The summed E-state index contributed by atoms with van der Waals surface area (Å²) in [5.41, 5.74) is 7.81. The number of hydrogen-bond acceptors (Lipinski definition) is 5. The molecule has 1 aromatic heterocycles. The molecule has 0 radical (unpaired) electrons. The van der Waals surface area contributed by atoms with Gasteiger partial charge in [0.1, 0.15) is 15.8 Å². The summed E-state index contributed by atoms with van der Waals surface area (Å²) in [6.07, 6.45) is 0.783. The molecule has 0 aliphatic rings. The fourth-order valence-electron chi connectivity index (χ4n) is 1.91. The van der Waals surface area contributed by atoms with Gasteiger partial charge in [-0.3, -0.25) is 0 Å². The molecule has 2 N–H and O–H groups in total. The first-order chi connectivity index (χ1) is 9.15. The number of ether oxygens (including phenoxy) is 1. The molecule has 0 fully saturated rings. The van der Waals surface area contributed by atoms with E-state index in [0.717, 1.165) is 27.7 Å². The van der Waals surface area contributed by atoms with Gasteiger partial charge in [-0.25, -0.2) is 0 Å². The fourth-order valence-corrected chi connectivity index (χ4v) is 2.76. The second-order valence-electron chi connectivity index (χ2n) is 4.65. The van der Waals surface area contributed by atoms with Crippen molar-refractivity contribution >= 4 is 11.3 Å². The second kappa shape index (κ2) is 6.12. The van der Waals surface area contributed by atoms with Crippen LogP contribution in [-0.4, -0.2) is 23.9 Å². The molecule has 5 heteroatoms. The maximum absolute atomic E-state index is 5.53. The zero-order valence-electron chi connectivity index (χ0n) is 11.5. The fraction of sp³-hybridized carbons (Fsp3) is 0.429. The van der Waals surface area contributed by atoms with E-state index in [2.05, 4.69) is 30.1 Å². The molecule has 0 saturated heterocycles. The van der Waals surface area contributed by atoms with E-state index in [1.165, 1.54) is 5.56 Å². The number of nitrogens with two attached hydrogens (primary N) is 1. The van der Waals surface area contributed by atoms with Gasteiger partial charge in [0.2, 0.25) is 0 Å². The Morgan fingerprint density at radius 1 is 1.32 bits per heavy atom. The molecule has 0 unspecified atom stereocenters. The molecule has 19 heavy (non-hydrogen) atoms. The standard InChI is InChI=1S/C14H19N3OS/c1-9(2)11-8-10(4-5-12(11)18-3)14-17-16-13(19-14)6-7-15/h4-5,8-9H,6-7,15H2,1-3H3. The summed E-state index contributed by atoms with van der Waals surface area (Å²) in [5, 5.41) is 10.3. The summed E-state index contributed by atoms with van der Waals surface area (Å²) >= 11 is 1.60. The average Bonchev–Trinajstić information content (AvgIpc) is 2.87. The summed E-state index contributed by atoms with van der Waals surface area (Å²) in [4.78, 5) is 0. The Morgan fingerprint density at radius 3 is 2.74 bits per heavy atom. The third kappa shape index (κ3) is 3.11. The minimum absolute atomic E-state index is 0.409. The smallest absolute Gasteiger partial charge is 0.147 e. The van der Waals surface area contributed by atoms with Crippen molar-refractivity contribution in [2.45, 2.75) is 26.2 Å². The molecule has 2 aromatic rings.